The Hall–Kier alpha value is -4.76. The molecule has 3 aliphatic heterocycles. The number of aromatic nitrogens is 1. The third kappa shape index (κ3) is 4.60. The molecule has 0 saturated carbocycles. The maximum atomic E-state index is 14.7. The number of methoxy groups -OCH3 is 1. The van der Waals surface area contributed by atoms with E-state index < -0.39 is 23.3 Å². The molecule has 2 bridgehead atoms. The summed E-state index contributed by atoms with van der Waals surface area (Å²) < 4.78 is 7.14. The first-order valence-corrected chi connectivity index (χ1v) is 14.6. The van der Waals surface area contributed by atoms with Gasteiger partial charge in [0.1, 0.15) is 11.2 Å². The predicted octanol–water partition coefficient (Wildman–Crippen LogP) is 3.94. The summed E-state index contributed by atoms with van der Waals surface area (Å²) in [7, 11) is 1.55. The summed E-state index contributed by atoms with van der Waals surface area (Å²) in [4.78, 5) is 57.8. The quantitative estimate of drug-likeness (QED) is 0.349. The molecule has 3 atom stereocenters. The number of pyridine rings is 1. The van der Waals surface area contributed by atoms with Crippen molar-refractivity contribution in [2.75, 3.05) is 31.6 Å². The molecule has 9 heteroatoms. The lowest BCUT2D eigenvalue weighted by Gasteiger charge is -2.47. The van der Waals surface area contributed by atoms with Gasteiger partial charge in [0.2, 0.25) is 5.91 Å². The minimum absolute atomic E-state index is 0.00329. The number of rotatable bonds is 6. The van der Waals surface area contributed by atoms with Gasteiger partial charge in [-0.05, 0) is 65.4 Å². The van der Waals surface area contributed by atoms with Crippen LogP contribution in [0.4, 0.5) is 10.5 Å². The van der Waals surface area contributed by atoms with Crippen LogP contribution in [0.2, 0.25) is 0 Å². The van der Waals surface area contributed by atoms with Crippen LogP contribution in [0.3, 0.4) is 0 Å². The van der Waals surface area contributed by atoms with Crippen LogP contribution in [0.1, 0.15) is 23.6 Å². The second-order valence-electron chi connectivity index (χ2n) is 11.9. The van der Waals surface area contributed by atoms with Gasteiger partial charge in [0.05, 0.1) is 12.8 Å². The molecule has 1 N–H and O–H groups in total. The van der Waals surface area contributed by atoms with E-state index in [1.165, 1.54) is 0 Å². The number of hydrogen-bond donors (Lipinski definition) is 1. The molecule has 218 valence electrons. The minimum Gasteiger partial charge on any atom is -0.497 e. The summed E-state index contributed by atoms with van der Waals surface area (Å²) in [5.41, 5.74) is 0.649. The lowest BCUT2D eigenvalue weighted by molar-refractivity contribution is -0.144. The van der Waals surface area contributed by atoms with Gasteiger partial charge < -0.3 is 14.2 Å². The summed E-state index contributed by atoms with van der Waals surface area (Å²) in [6.45, 7) is 2.00. The molecule has 0 unspecified atom stereocenters. The molecule has 2 saturated heterocycles. The largest absolute Gasteiger partial charge is 0.497 e. The van der Waals surface area contributed by atoms with Crippen LogP contribution < -0.4 is 20.5 Å². The van der Waals surface area contributed by atoms with Crippen molar-refractivity contribution < 1.29 is 19.1 Å². The number of piperidine rings is 1. The highest BCUT2D eigenvalue weighted by molar-refractivity contribution is 6.30. The van der Waals surface area contributed by atoms with Crippen molar-refractivity contribution in [1.82, 2.24) is 14.8 Å². The van der Waals surface area contributed by atoms with Crippen LogP contribution in [-0.4, -0.2) is 54.1 Å². The van der Waals surface area contributed by atoms with Gasteiger partial charge in [0.15, 0.2) is 0 Å². The van der Waals surface area contributed by atoms with E-state index in [2.05, 4.69) is 10.2 Å². The van der Waals surface area contributed by atoms with E-state index in [1.54, 1.807) is 43.5 Å². The van der Waals surface area contributed by atoms with E-state index in [1.807, 2.05) is 53.1 Å². The van der Waals surface area contributed by atoms with Gasteiger partial charge in [-0.15, -0.1) is 0 Å². The lowest BCUT2D eigenvalue weighted by Crippen LogP contribution is -2.68. The van der Waals surface area contributed by atoms with Crippen molar-refractivity contribution in [3.05, 3.63) is 107 Å². The maximum Gasteiger partial charge on any atom is 0.335 e. The van der Waals surface area contributed by atoms with Gasteiger partial charge >= 0.3 is 6.03 Å². The van der Waals surface area contributed by atoms with Crippen LogP contribution >= 0.6 is 0 Å². The number of nitrogens with one attached hydrogen (secondary N) is 1. The van der Waals surface area contributed by atoms with E-state index in [0.29, 0.717) is 31.1 Å². The predicted molar refractivity (Wildman–Crippen MR) is 162 cm³/mol. The van der Waals surface area contributed by atoms with Gasteiger partial charge in [0.25, 0.3) is 11.5 Å². The number of amides is 4. The van der Waals surface area contributed by atoms with Crippen molar-refractivity contribution >= 4 is 34.3 Å². The Bertz CT molecular complexity index is 1810. The number of carbonyl (C=O) groups excluding carboxylic acids is 3. The zero-order valence-corrected chi connectivity index (χ0v) is 23.9. The fraction of sp³-hybridized carbons (Fsp3) is 0.294. The number of imide groups is 2. The van der Waals surface area contributed by atoms with Crippen molar-refractivity contribution in [1.29, 1.82) is 0 Å². The van der Waals surface area contributed by atoms with Gasteiger partial charge in [-0.2, -0.15) is 0 Å². The number of carbonyl (C=O) groups is 3. The van der Waals surface area contributed by atoms with Crippen molar-refractivity contribution in [2.24, 2.45) is 11.3 Å². The normalized spacial score (nSPS) is 23.7. The van der Waals surface area contributed by atoms with Crippen LogP contribution in [0.25, 0.3) is 10.8 Å². The molecule has 1 aromatic heterocycles. The van der Waals surface area contributed by atoms with Crippen LogP contribution in [0, 0.1) is 11.3 Å². The number of ether oxygens (including phenoxy) is 1. The first-order valence-electron chi connectivity index (χ1n) is 14.6. The molecule has 3 aliphatic rings. The van der Waals surface area contributed by atoms with E-state index in [9.17, 15) is 19.2 Å². The fourth-order valence-electron chi connectivity index (χ4n) is 7.27. The number of likely N-dealkylation sites (tertiary alicyclic amines) is 1. The summed E-state index contributed by atoms with van der Waals surface area (Å²) in [5, 5.41) is 4.50. The molecule has 4 amide bonds. The molecular weight excluding hydrogens is 544 g/mol. The average molecular weight is 577 g/mol. The Morgan fingerprint density at radius 1 is 0.860 bits per heavy atom. The SMILES string of the molecule is COc1ccc(N2C(=O)NC(=O)[C@@](Cc3cccc4ccccc34)(CN3C[C@@H]4C[C@H](C3)c3cccc(=O)n3C4)C2=O)cc1. The number of nitrogens with zero attached hydrogens (tertiary/aromatic N) is 3. The topological polar surface area (TPSA) is 101 Å². The van der Waals surface area contributed by atoms with Crippen LogP contribution in [-0.2, 0) is 22.6 Å². The lowest BCUT2D eigenvalue weighted by atomic mass is 9.75. The minimum atomic E-state index is -1.57. The molecular formula is C34H32N4O5. The zero-order valence-electron chi connectivity index (χ0n) is 23.9. The highest BCUT2D eigenvalue weighted by atomic mass is 16.5. The Morgan fingerprint density at radius 2 is 1.63 bits per heavy atom. The molecule has 0 radical (unpaired) electrons. The molecule has 4 aromatic rings. The Kier molecular flexibility index (Phi) is 6.62. The Morgan fingerprint density at radius 3 is 2.44 bits per heavy atom. The third-order valence-electron chi connectivity index (χ3n) is 9.22. The number of anilines is 1. The molecule has 3 aromatic carbocycles. The van der Waals surface area contributed by atoms with E-state index in [0.717, 1.165) is 33.4 Å². The molecule has 0 spiro atoms. The summed E-state index contributed by atoms with van der Waals surface area (Å²) in [6, 6.07) is 25.1. The van der Waals surface area contributed by atoms with Crippen LogP contribution in [0.15, 0.2) is 89.7 Å². The van der Waals surface area contributed by atoms with E-state index in [-0.39, 0.29) is 30.4 Å². The van der Waals surface area contributed by atoms with Crippen molar-refractivity contribution in [2.45, 2.75) is 25.3 Å². The molecule has 9 nitrogen and oxygen atoms in total. The smallest absolute Gasteiger partial charge is 0.335 e. The molecule has 0 aliphatic carbocycles. The van der Waals surface area contributed by atoms with Crippen molar-refractivity contribution in [3.8, 4) is 5.75 Å². The first-order chi connectivity index (χ1) is 20.9. The number of hydrogen-bond acceptors (Lipinski definition) is 6. The second kappa shape index (κ2) is 10.5. The summed E-state index contributed by atoms with van der Waals surface area (Å²) in [6.07, 6.45) is 1.08. The van der Waals surface area contributed by atoms with Gasteiger partial charge in [0, 0.05) is 43.9 Å². The monoisotopic (exact) mass is 576 g/mol. The summed E-state index contributed by atoms with van der Waals surface area (Å²) in [5.74, 6) is -0.232. The first kappa shape index (κ1) is 27.1. The summed E-state index contributed by atoms with van der Waals surface area (Å²) >= 11 is 0. The number of urea groups is 1. The fourth-order valence-corrected chi connectivity index (χ4v) is 7.27. The number of barbiturate groups is 1. The molecule has 4 heterocycles. The standard InChI is InChI=1S/C34H32N4O5/c1-43-27-14-12-26(13-15-27)38-32(41)34(31(40)35-33(38)42,17-24-8-4-7-23-6-2-3-9-28(23)24)21-36-18-22-16-25(20-36)29-10-5-11-30(39)37(29)19-22/h2-15,22,25H,16-21H2,1H3,(H,35,40,42)/t22-,25+,34+/m0/s1. The van der Waals surface area contributed by atoms with E-state index in [4.69, 9.17) is 4.74 Å². The van der Waals surface area contributed by atoms with Gasteiger partial charge in [-0.3, -0.25) is 19.7 Å². The highest BCUT2D eigenvalue weighted by Gasteiger charge is 2.56. The molecule has 2 fully saturated rings. The van der Waals surface area contributed by atoms with Crippen LogP contribution in [0.5, 0.6) is 5.75 Å². The maximum absolute atomic E-state index is 14.7. The van der Waals surface area contributed by atoms with Crippen molar-refractivity contribution in [3.63, 3.8) is 0 Å². The highest BCUT2D eigenvalue weighted by Crippen LogP contribution is 2.40. The number of fused-ring (bicyclic) bond motifs is 5. The Balaban J connectivity index is 1.30. The average Bonchev–Trinajstić information content (AvgIpc) is 3.01. The molecule has 43 heavy (non-hydrogen) atoms. The molecule has 7 rings (SSSR count). The second-order valence-corrected chi connectivity index (χ2v) is 11.9. The van der Waals surface area contributed by atoms with Gasteiger partial charge in [-0.25, -0.2) is 9.69 Å². The Labute approximate surface area is 248 Å². The van der Waals surface area contributed by atoms with E-state index >= 15 is 0 Å². The number of benzene rings is 3. The zero-order chi connectivity index (χ0) is 29.7. The van der Waals surface area contributed by atoms with Gasteiger partial charge in [-0.1, -0.05) is 48.5 Å². The third-order valence-corrected chi connectivity index (χ3v) is 9.22.